The lowest BCUT2D eigenvalue weighted by atomic mass is 10.1. The number of halogens is 1. The molecule has 6 nitrogen and oxygen atoms in total. The van der Waals surface area contributed by atoms with Crippen LogP contribution < -0.4 is 10.1 Å². The normalized spacial score (nSPS) is 14.4. The molecule has 1 saturated heterocycles. The minimum absolute atomic E-state index is 0.0842. The second-order valence-corrected chi connectivity index (χ2v) is 7.28. The molecule has 2 aromatic carbocycles. The summed E-state index contributed by atoms with van der Waals surface area (Å²) in [6.45, 7) is 1.26. The number of carbonyl (C=O) groups excluding carboxylic acids is 1. The minimum Gasteiger partial charge on any atom is -0.490 e. The molecule has 1 aromatic heterocycles. The molecule has 1 fully saturated rings. The maximum atomic E-state index is 12.9. The quantitative estimate of drug-likeness (QED) is 0.670. The molecule has 1 aliphatic heterocycles. The molecule has 0 aliphatic carbocycles. The number of benzene rings is 2. The number of likely N-dealkylation sites (tertiary alicyclic amines) is 1. The Bertz CT molecular complexity index is 958. The lowest BCUT2D eigenvalue weighted by Gasteiger charge is -2.32. The predicted molar refractivity (Wildman–Crippen MR) is 113 cm³/mol. The Kier molecular flexibility index (Phi) is 5.91. The number of aromatic nitrogens is 2. The van der Waals surface area contributed by atoms with Gasteiger partial charge in [-0.3, -0.25) is 4.79 Å². The van der Waals surface area contributed by atoms with E-state index in [1.54, 1.807) is 6.07 Å². The zero-order chi connectivity index (χ0) is 20.1. The summed E-state index contributed by atoms with van der Waals surface area (Å²) in [5.41, 5.74) is 1.29. The van der Waals surface area contributed by atoms with Crippen molar-refractivity contribution in [3.05, 3.63) is 77.7 Å². The average Bonchev–Trinajstić information content (AvgIpc) is 2.76. The van der Waals surface area contributed by atoms with Crippen molar-refractivity contribution in [2.75, 3.05) is 18.4 Å². The molecule has 0 radical (unpaired) electrons. The highest BCUT2D eigenvalue weighted by molar-refractivity contribution is 6.30. The van der Waals surface area contributed by atoms with Crippen molar-refractivity contribution >= 4 is 29.0 Å². The maximum Gasteiger partial charge on any atom is 0.272 e. The molecule has 0 spiro atoms. The Morgan fingerprint density at radius 3 is 2.48 bits per heavy atom. The highest BCUT2D eigenvalue weighted by Gasteiger charge is 2.25. The van der Waals surface area contributed by atoms with E-state index < -0.39 is 0 Å². The van der Waals surface area contributed by atoms with Gasteiger partial charge >= 0.3 is 0 Å². The van der Waals surface area contributed by atoms with Gasteiger partial charge in [0.25, 0.3) is 5.91 Å². The number of hydrogen-bond donors (Lipinski definition) is 1. The molecule has 29 heavy (non-hydrogen) atoms. The molecule has 1 N–H and O–H groups in total. The van der Waals surface area contributed by atoms with Crippen LogP contribution in [-0.2, 0) is 0 Å². The Hall–Kier alpha value is -3.12. The first-order valence-corrected chi connectivity index (χ1v) is 9.91. The summed E-state index contributed by atoms with van der Waals surface area (Å²) in [6, 6.07) is 18.7. The van der Waals surface area contributed by atoms with E-state index in [-0.39, 0.29) is 12.0 Å². The summed E-state index contributed by atoms with van der Waals surface area (Å²) in [7, 11) is 0. The molecule has 3 aromatic rings. The lowest BCUT2D eigenvalue weighted by Crippen LogP contribution is -2.42. The first-order valence-electron chi connectivity index (χ1n) is 9.53. The van der Waals surface area contributed by atoms with Crippen LogP contribution >= 0.6 is 11.6 Å². The van der Waals surface area contributed by atoms with Gasteiger partial charge in [-0.25, -0.2) is 9.97 Å². The van der Waals surface area contributed by atoms with Gasteiger partial charge in [-0.05, 0) is 36.4 Å². The third-order valence-electron chi connectivity index (χ3n) is 4.78. The Morgan fingerprint density at radius 2 is 1.76 bits per heavy atom. The van der Waals surface area contributed by atoms with E-state index in [4.69, 9.17) is 16.3 Å². The molecule has 4 rings (SSSR count). The molecule has 1 aliphatic rings. The van der Waals surface area contributed by atoms with Crippen LogP contribution in [0, 0.1) is 0 Å². The zero-order valence-electron chi connectivity index (χ0n) is 15.8. The van der Waals surface area contributed by atoms with E-state index in [2.05, 4.69) is 15.3 Å². The summed E-state index contributed by atoms with van der Waals surface area (Å²) in [6.07, 6.45) is 3.04. The van der Waals surface area contributed by atoms with Gasteiger partial charge in [0, 0.05) is 42.7 Å². The van der Waals surface area contributed by atoms with Crippen molar-refractivity contribution in [2.24, 2.45) is 0 Å². The topological polar surface area (TPSA) is 67.4 Å². The third-order valence-corrected chi connectivity index (χ3v) is 5.03. The standard InChI is InChI=1S/C22H21ClN4O2/c23-16-6-8-18(9-7-16)29-19-10-12-27(13-11-19)22(28)20-14-21(25-15-24-20)26-17-4-2-1-3-5-17/h1-9,14-15,19H,10-13H2,(H,24,25,26). The summed E-state index contributed by atoms with van der Waals surface area (Å²) >= 11 is 5.91. The lowest BCUT2D eigenvalue weighted by molar-refractivity contribution is 0.0590. The van der Waals surface area contributed by atoms with Crippen molar-refractivity contribution in [3.8, 4) is 5.75 Å². The van der Waals surface area contributed by atoms with E-state index in [1.807, 2.05) is 59.5 Å². The van der Waals surface area contributed by atoms with E-state index in [0.717, 1.165) is 24.3 Å². The average molecular weight is 409 g/mol. The van der Waals surface area contributed by atoms with Crippen molar-refractivity contribution in [2.45, 2.75) is 18.9 Å². The van der Waals surface area contributed by atoms with Crippen LogP contribution in [0.5, 0.6) is 5.75 Å². The Balaban J connectivity index is 1.34. The molecule has 2 heterocycles. The predicted octanol–water partition coefficient (Wildman–Crippen LogP) is 4.56. The van der Waals surface area contributed by atoms with Crippen molar-refractivity contribution in [1.82, 2.24) is 14.9 Å². The second-order valence-electron chi connectivity index (χ2n) is 6.84. The van der Waals surface area contributed by atoms with E-state index >= 15 is 0 Å². The van der Waals surface area contributed by atoms with Crippen molar-refractivity contribution in [3.63, 3.8) is 0 Å². The fourth-order valence-electron chi connectivity index (χ4n) is 3.26. The molecule has 0 saturated carbocycles. The summed E-state index contributed by atoms with van der Waals surface area (Å²) in [5.74, 6) is 1.30. The first-order chi connectivity index (χ1) is 14.2. The number of piperidine rings is 1. The largest absolute Gasteiger partial charge is 0.490 e. The molecule has 0 unspecified atom stereocenters. The van der Waals surface area contributed by atoms with Crippen LogP contribution in [0.1, 0.15) is 23.3 Å². The van der Waals surface area contributed by atoms with Gasteiger partial charge in [0.05, 0.1) is 0 Å². The molecule has 1 amide bonds. The van der Waals surface area contributed by atoms with Gasteiger partial charge in [-0.15, -0.1) is 0 Å². The number of ether oxygens (including phenoxy) is 1. The number of carbonyl (C=O) groups is 1. The van der Waals surface area contributed by atoms with Gasteiger partial charge in [-0.2, -0.15) is 0 Å². The van der Waals surface area contributed by atoms with Gasteiger partial charge in [0.2, 0.25) is 0 Å². The molecular formula is C22H21ClN4O2. The smallest absolute Gasteiger partial charge is 0.272 e. The maximum absolute atomic E-state index is 12.9. The van der Waals surface area contributed by atoms with Crippen molar-refractivity contribution in [1.29, 1.82) is 0 Å². The first kappa shape index (κ1) is 19.2. The van der Waals surface area contributed by atoms with Crippen molar-refractivity contribution < 1.29 is 9.53 Å². The van der Waals surface area contributed by atoms with Crippen LogP contribution in [0.3, 0.4) is 0 Å². The number of nitrogens with one attached hydrogen (secondary N) is 1. The van der Waals surface area contributed by atoms with Crippen LogP contribution in [0.25, 0.3) is 0 Å². The SMILES string of the molecule is O=C(c1cc(Nc2ccccc2)ncn1)N1CCC(Oc2ccc(Cl)cc2)CC1. The van der Waals surface area contributed by atoms with Crippen LogP contribution in [-0.4, -0.2) is 40.0 Å². The number of rotatable bonds is 5. The van der Waals surface area contributed by atoms with Gasteiger partial charge in [-0.1, -0.05) is 29.8 Å². The summed E-state index contributed by atoms with van der Waals surface area (Å²) in [4.78, 5) is 23.0. The number of hydrogen-bond acceptors (Lipinski definition) is 5. The number of amides is 1. The molecule has 0 bridgehead atoms. The Labute approximate surface area is 174 Å². The van der Waals surface area contributed by atoms with Gasteiger partial charge in [0.15, 0.2) is 0 Å². The molecular weight excluding hydrogens is 388 g/mol. The van der Waals surface area contributed by atoms with Gasteiger partial charge < -0.3 is 15.0 Å². The Morgan fingerprint density at radius 1 is 1.03 bits per heavy atom. The monoisotopic (exact) mass is 408 g/mol. The number of nitrogens with zero attached hydrogens (tertiary/aromatic N) is 3. The van der Waals surface area contributed by atoms with Crippen LogP contribution in [0.2, 0.25) is 5.02 Å². The minimum atomic E-state index is -0.0894. The zero-order valence-corrected chi connectivity index (χ0v) is 16.5. The fourth-order valence-corrected chi connectivity index (χ4v) is 3.38. The van der Waals surface area contributed by atoms with E-state index in [1.165, 1.54) is 6.33 Å². The number of para-hydroxylation sites is 1. The number of anilines is 2. The molecule has 0 atom stereocenters. The van der Waals surface area contributed by atoms with Crippen LogP contribution in [0.4, 0.5) is 11.5 Å². The summed E-state index contributed by atoms with van der Waals surface area (Å²) in [5, 5.41) is 3.87. The van der Waals surface area contributed by atoms with Gasteiger partial charge in [0.1, 0.15) is 29.7 Å². The highest BCUT2D eigenvalue weighted by Crippen LogP contribution is 2.22. The third kappa shape index (κ3) is 5.03. The van der Waals surface area contributed by atoms with Crippen LogP contribution in [0.15, 0.2) is 67.0 Å². The molecule has 7 heteroatoms. The van der Waals surface area contributed by atoms with E-state index in [0.29, 0.717) is 29.6 Å². The highest BCUT2D eigenvalue weighted by atomic mass is 35.5. The van der Waals surface area contributed by atoms with E-state index in [9.17, 15) is 4.79 Å². The summed E-state index contributed by atoms with van der Waals surface area (Å²) < 4.78 is 6.00. The fraction of sp³-hybridized carbons (Fsp3) is 0.227. The second kappa shape index (κ2) is 8.92. The molecule has 148 valence electrons.